The molecule has 33 heavy (non-hydrogen) atoms. The zero-order valence-electron chi connectivity index (χ0n) is 16.9. The van der Waals surface area contributed by atoms with E-state index < -0.39 is 17.6 Å². The molecule has 0 unspecified atom stereocenters. The molecule has 164 valence electrons. The highest BCUT2D eigenvalue weighted by Gasteiger charge is 2.30. The monoisotopic (exact) mass is 448 g/mol. The molecule has 1 amide bonds. The molecular weight excluding hydrogens is 433 g/mol. The average Bonchev–Trinajstić information content (AvgIpc) is 3.28. The smallest absolute Gasteiger partial charge is 0.416 e. The van der Waals surface area contributed by atoms with Crippen molar-refractivity contribution in [3.8, 4) is 11.5 Å². The largest absolute Gasteiger partial charge is 0.456 e. The number of carbonyl (C=O) groups excluding carboxylic acids is 1. The van der Waals surface area contributed by atoms with Crippen LogP contribution in [0.5, 0.6) is 11.5 Å². The van der Waals surface area contributed by atoms with E-state index in [1.54, 1.807) is 48.8 Å². The minimum atomic E-state index is -4.49. The summed E-state index contributed by atoms with van der Waals surface area (Å²) in [4.78, 5) is 17.0. The Hall–Kier alpha value is -4.40. The predicted molar refractivity (Wildman–Crippen MR) is 117 cm³/mol. The van der Waals surface area contributed by atoms with Crippen LogP contribution in [0.1, 0.15) is 15.9 Å². The molecule has 2 aromatic heterocycles. The lowest BCUT2D eigenvalue weighted by Crippen LogP contribution is -2.13. The molecule has 0 aliphatic rings. The zero-order valence-corrected chi connectivity index (χ0v) is 16.9. The van der Waals surface area contributed by atoms with E-state index in [-0.39, 0.29) is 5.69 Å². The predicted octanol–water partition coefficient (Wildman–Crippen LogP) is 6.17. The van der Waals surface area contributed by atoms with Gasteiger partial charge in [0.1, 0.15) is 11.5 Å². The standard InChI is InChI=1S/C24H15F3N4O2/c25-24(26,27)15-4-2-5-16(12-15)30-23(32)19-6-1-3-14-11-17(7-8-18(14)19)33-21-9-10-28-22-20(21)13-29-31-22/h1-13H,(H,30,32)(H,28,29,31). The molecule has 0 bridgehead atoms. The molecule has 0 aliphatic heterocycles. The highest BCUT2D eigenvalue weighted by atomic mass is 19.4. The number of halogens is 3. The average molecular weight is 448 g/mol. The molecule has 2 heterocycles. The van der Waals surface area contributed by atoms with Gasteiger partial charge in [0.25, 0.3) is 5.91 Å². The molecule has 6 nitrogen and oxygen atoms in total. The van der Waals surface area contributed by atoms with Crippen molar-refractivity contribution in [3.63, 3.8) is 0 Å². The number of benzene rings is 3. The molecule has 0 saturated heterocycles. The number of aromatic nitrogens is 3. The van der Waals surface area contributed by atoms with Crippen molar-refractivity contribution >= 4 is 33.4 Å². The fourth-order valence-corrected chi connectivity index (χ4v) is 3.54. The van der Waals surface area contributed by atoms with Gasteiger partial charge in [0.15, 0.2) is 5.65 Å². The number of pyridine rings is 1. The molecule has 5 rings (SSSR count). The lowest BCUT2D eigenvalue weighted by Gasteiger charge is -2.12. The van der Waals surface area contributed by atoms with Crippen LogP contribution in [0.4, 0.5) is 18.9 Å². The molecule has 0 atom stereocenters. The summed E-state index contributed by atoms with van der Waals surface area (Å²) in [6.07, 6.45) is -1.27. The number of nitrogens with zero attached hydrogens (tertiary/aromatic N) is 2. The second kappa shape index (κ2) is 7.94. The summed E-state index contributed by atoms with van der Waals surface area (Å²) in [6, 6.07) is 16.6. The van der Waals surface area contributed by atoms with Gasteiger partial charge in [-0.2, -0.15) is 18.3 Å². The molecule has 0 spiro atoms. The Morgan fingerprint density at radius 2 is 1.82 bits per heavy atom. The minimum Gasteiger partial charge on any atom is -0.456 e. The van der Waals surface area contributed by atoms with Gasteiger partial charge in [-0.3, -0.25) is 9.89 Å². The van der Waals surface area contributed by atoms with Gasteiger partial charge in [0.2, 0.25) is 0 Å². The van der Waals surface area contributed by atoms with Crippen molar-refractivity contribution in [2.24, 2.45) is 0 Å². The summed E-state index contributed by atoms with van der Waals surface area (Å²) < 4.78 is 44.9. The van der Waals surface area contributed by atoms with Gasteiger partial charge in [0, 0.05) is 17.4 Å². The van der Waals surface area contributed by atoms with Gasteiger partial charge in [-0.25, -0.2) is 4.98 Å². The van der Waals surface area contributed by atoms with Crippen LogP contribution in [-0.4, -0.2) is 21.1 Å². The summed E-state index contributed by atoms with van der Waals surface area (Å²) in [6.45, 7) is 0. The number of fused-ring (bicyclic) bond motifs is 2. The number of hydrogen-bond acceptors (Lipinski definition) is 4. The van der Waals surface area contributed by atoms with Crippen LogP contribution < -0.4 is 10.1 Å². The lowest BCUT2D eigenvalue weighted by molar-refractivity contribution is -0.137. The van der Waals surface area contributed by atoms with E-state index >= 15 is 0 Å². The first-order chi connectivity index (χ1) is 15.9. The molecular formula is C24H15F3N4O2. The highest BCUT2D eigenvalue weighted by molar-refractivity contribution is 6.13. The SMILES string of the molecule is O=C(Nc1cccc(C(F)(F)F)c1)c1cccc2cc(Oc3ccnc4[nH]ncc34)ccc12. The van der Waals surface area contributed by atoms with Crippen LogP contribution >= 0.6 is 0 Å². The number of nitrogens with one attached hydrogen (secondary N) is 2. The van der Waals surface area contributed by atoms with Crippen LogP contribution in [0.3, 0.4) is 0 Å². The number of hydrogen-bond donors (Lipinski definition) is 2. The normalized spacial score (nSPS) is 11.6. The highest BCUT2D eigenvalue weighted by Crippen LogP contribution is 2.32. The first-order valence-corrected chi connectivity index (χ1v) is 9.86. The Morgan fingerprint density at radius 3 is 2.67 bits per heavy atom. The molecule has 9 heteroatoms. The maximum atomic E-state index is 13.0. The number of carbonyl (C=O) groups is 1. The van der Waals surface area contributed by atoms with Crippen LogP contribution in [0, 0.1) is 0 Å². The van der Waals surface area contributed by atoms with Crippen LogP contribution in [-0.2, 0) is 6.18 Å². The van der Waals surface area contributed by atoms with Crippen molar-refractivity contribution < 1.29 is 22.7 Å². The molecule has 0 aliphatic carbocycles. The first kappa shape index (κ1) is 20.5. The third-order valence-corrected chi connectivity index (χ3v) is 5.09. The number of amides is 1. The first-order valence-electron chi connectivity index (χ1n) is 9.86. The number of ether oxygens (including phenoxy) is 1. The van der Waals surface area contributed by atoms with Crippen molar-refractivity contribution in [3.05, 3.63) is 90.3 Å². The summed E-state index contributed by atoms with van der Waals surface area (Å²) in [7, 11) is 0. The van der Waals surface area contributed by atoms with E-state index in [1.165, 1.54) is 12.1 Å². The third-order valence-electron chi connectivity index (χ3n) is 5.09. The number of H-pyrrole nitrogens is 1. The van der Waals surface area contributed by atoms with Gasteiger partial charge in [0.05, 0.1) is 17.1 Å². The van der Waals surface area contributed by atoms with Crippen molar-refractivity contribution in [1.82, 2.24) is 15.2 Å². The summed E-state index contributed by atoms with van der Waals surface area (Å²) >= 11 is 0. The number of rotatable bonds is 4. The summed E-state index contributed by atoms with van der Waals surface area (Å²) in [5.74, 6) is 0.612. The van der Waals surface area contributed by atoms with Gasteiger partial charge in [-0.1, -0.05) is 18.2 Å². The fraction of sp³-hybridized carbons (Fsp3) is 0.0417. The molecule has 2 N–H and O–H groups in total. The fourth-order valence-electron chi connectivity index (χ4n) is 3.54. The molecule has 0 radical (unpaired) electrons. The molecule has 3 aromatic carbocycles. The Balaban J connectivity index is 1.43. The van der Waals surface area contributed by atoms with Crippen LogP contribution in [0.15, 0.2) is 79.1 Å². The lowest BCUT2D eigenvalue weighted by atomic mass is 10.0. The zero-order chi connectivity index (χ0) is 23.0. The van der Waals surface area contributed by atoms with Crippen LogP contribution in [0.2, 0.25) is 0 Å². The van der Waals surface area contributed by atoms with Crippen molar-refractivity contribution in [1.29, 1.82) is 0 Å². The number of alkyl halides is 3. The Kier molecular flexibility index (Phi) is 4.93. The topological polar surface area (TPSA) is 79.9 Å². The maximum absolute atomic E-state index is 13.0. The van der Waals surface area contributed by atoms with E-state index in [1.807, 2.05) is 6.07 Å². The van der Waals surface area contributed by atoms with Crippen molar-refractivity contribution in [2.75, 3.05) is 5.32 Å². The van der Waals surface area contributed by atoms with E-state index in [2.05, 4.69) is 20.5 Å². The van der Waals surface area contributed by atoms with Crippen molar-refractivity contribution in [2.45, 2.75) is 6.18 Å². The summed E-state index contributed by atoms with van der Waals surface area (Å²) in [5, 5.41) is 11.4. The molecule has 0 saturated carbocycles. The van der Waals surface area contributed by atoms with E-state index in [0.717, 1.165) is 22.9 Å². The van der Waals surface area contributed by atoms with Gasteiger partial charge in [-0.05, 0) is 59.3 Å². The summed E-state index contributed by atoms with van der Waals surface area (Å²) in [5.41, 5.74) is 0.163. The third kappa shape index (κ3) is 4.08. The quantitative estimate of drug-likeness (QED) is 0.344. The second-order valence-corrected chi connectivity index (χ2v) is 7.26. The van der Waals surface area contributed by atoms with E-state index in [4.69, 9.17) is 4.74 Å². The van der Waals surface area contributed by atoms with Gasteiger partial charge < -0.3 is 10.1 Å². The Bertz CT molecular complexity index is 1490. The van der Waals surface area contributed by atoms with Gasteiger partial charge >= 0.3 is 6.18 Å². The maximum Gasteiger partial charge on any atom is 0.416 e. The second-order valence-electron chi connectivity index (χ2n) is 7.26. The molecule has 5 aromatic rings. The van der Waals surface area contributed by atoms with Crippen LogP contribution in [0.25, 0.3) is 21.8 Å². The Labute approximate surface area is 185 Å². The number of aromatic amines is 1. The Morgan fingerprint density at radius 1 is 0.970 bits per heavy atom. The number of anilines is 1. The van der Waals surface area contributed by atoms with Gasteiger partial charge in [-0.15, -0.1) is 0 Å². The molecule has 0 fully saturated rings. The minimum absolute atomic E-state index is 0.0635. The van der Waals surface area contributed by atoms with E-state index in [0.29, 0.717) is 28.1 Å². The van der Waals surface area contributed by atoms with E-state index in [9.17, 15) is 18.0 Å².